The first-order valence-corrected chi connectivity index (χ1v) is 25.9. The van der Waals surface area contributed by atoms with Crippen LogP contribution in [0.25, 0.3) is 0 Å². The number of ether oxygens (including phenoxy) is 3. The van der Waals surface area contributed by atoms with Crippen LogP contribution in [0.1, 0.15) is 245 Å². The Bertz CT molecular complexity index is 1180. The molecular weight excluding hydrogens is 769 g/mol. The molecule has 0 amide bonds. The van der Waals surface area contributed by atoms with E-state index in [0.717, 1.165) is 77.0 Å². The van der Waals surface area contributed by atoms with Gasteiger partial charge < -0.3 is 14.2 Å². The minimum atomic E-state index is -0.811. The molecule has 0 aliphatic rings. The number of hydrogen-bond donors (Lipinski definition) is 0. The molecule has 1 atom stereocenters. The van der Waals surface area contributed by atoms with Gasteiger partial charge in [0.15, 0.2) is 6.10 Å². The van der Waals surface area contributed by atoms with Gasteiger partial charge in [0.05, 0.1) is 0 Å². The molecule has 0 saturated carbocycles. The van der Waals surface area contributed by atoms with Gasteiger partial charge in [-0.05, 0) is 57.8 Å². The van der Waals surface area contributed by atoms with Crippen LogP contribution in [-0.4, -0.2) is 37.2 Å². The van der Waals surface area contributed by atoms with Crippen molar-refractivity contribution < 1.29 is 28.6 Å². The highest BCUT2D eigenvalue weighted by molar-refractivity contribution is 5.71. The highest BCUT2D eigenvalue weighted by Gasteiger charge is 2.19. The largest absolute Gasteiger partial charge is 0.462 e. The van der Waals surface area contributed by atoms with E-state index in [9.17, 15) is 14.4 Å². The van der Waals surface area contributed by atoms with Crippen LogP contribution in [0.3, 0.4) is 0 Å². The van der Waals surface area contributed by atoms with Crippen molar-refractivity contribution in [3.05, 3.63) is 72.9 Å². The Morgan fingerprint density at radius 3 is 0.952 bits per heavy atom. The second-order valence-electron chi connectivity index (χ2n) is 17.1. The summed E-state index contributed by atoms with van der Waals surface area (Å²) < 4.78 is 16.7. The molecule has 0 aliphatic carbocycles. The van der Waals surface area contributed by atoms with Gasteiger partial charge in [-0.25, -0.2) is 0 Å². The van der Waals surface area contributed by atoms with Crippen molar-refractivity contribution in [3.63, 3.8) is 0 Å². The number of esters is 3. The molecule has 356 valence electrons. The Morgan fingerprint density at radius 2 is 0.629 bits per heavy atom. The van der Waals surface area contributed by atoms with E-state index >= 15 is 0 Å². The molecule has 0 aromatic rings. The Hall–Kier alpha value is -3.15. The van der Waals surface area contributed by atoms with Crippen molar-refractivity contribution in [1.29, 1.82) is 0 Å². The fourth-order valence-corrected chi connectivity index (χ4v) is 7.12. The molecule has 0 radical (unpaired) electrons. The highest BCUT2D eigenvalue weighted by atomic mass is 16.6. The van der Waals surface area contributed by atoms with Crippen LogP contribution in [-0.2, 0) is 28.6 Å². The summed E-state index contributed by atoms with van der Waals surface area (Å²) >= 11 is 0. The van der Waals surface area contributed by atoms with E-state index in [2.05, 4.69) is 87.6 Å². The third-order valence-corrected chi connectivity index (χ3v) is 11.0. The third kappa shape index (κ3) is 47.9. The summed E-state index contributed by atoms with van der Waals surface area (Å²) in [5.74, 6) is -0.983. The molecule has 0 rings (SSSR count). The molecule has 0 saturated heterocycles. The monoisotopic (exact) mass is 865 g/mol. The zero-order valence-electron chi connectivity index (χ0n) is 40.6. The number of carbonyl (C=O) groups excluding carboxylic acids is 3. The topological polar surface area (TPSA) is 78.9 Å². The summed E-state index contributed by atoms with van der Waals surface area (Å²) in [4.78, 5) is 37.9. The number of rotatable bonds is 46. The van der Waals surface area contributed by atoms with Crippen molar-refractivity contribution in [2.75, 3.05) is 13.2 Å². The van der Waals surface area contributed by atoms with Crippen molar-refractivity contribution >= 4 is 17.9 Å². The third-order valence-electron chi connectivity index (χ3n) is 11.0. The molecule has 0 N–H and O–H groups in total. The van der Waals surface area contributed by atoms with Gasteiger partial charge in [-0.3, -0.25) is 14.4 Å². The summed E-state index contributed by atoms with van der Waals surface area (Å²) in [6.07, 6.45) is 63.2. The van der Waals surface area contributed by atoms with Crippen LogP contribution in [0.4, 0.5) is 0 Å². The molecule has 0 aromatic heterocycles. The fraction of sp³-hybridized carbons (Fsp3) is 0.732. The molecule has 6 heteroatoms. The van der Waals surface area contributed by atoms with E-state index in [4.69, 9.17) is 14.2 Å². The van der Waals surface area contributed by atoms with Gasteiger partial charge in [0.1, 0.15) is 13.2 Å². The average Bonchev–Trinajstić information content (AvgIpc) is 3.27. The number of unbranched alkanes of at least 4 members (excludes halogenated alkanes) is 23. The summed E-state index contributed by atoms with van der Waals surface area (Å²) in [7, 11) is 0. The van der Waals surface area contributed by atoms with Crippen molar-refractivity contribution in [1.82, 2.24) is 0 Å². The molecular formula is C56H96O6. The van der Waals surface area contributed by atoms with E-state index in [0.29, 0.717) is 19.3 Å². The summed E-state index contributed by atoms with van der Waals surface area (Å²) in [6.45, 7) is 6.46. The summed E-state index contributed by atoms with van der Waals surface area (Å²) in [5, 5.41) is 0. The van der Waals surface area contributed by atoms with Crippen molar-refractivity contribution in [3.8, 4) is 0 Å². The first-order valence-electron chi connectivity index (χ1n) is 25.9. The zero-order chi connectivity index (χ0) is 45.1. The first kappa shape index (κ1) is 58.9. The SMILES string of the molecule is CC/C=C\C/C=C\C/C=C\C/C=C\C/C=C\C/C=C\CCC(=O)O[C@@H](COC(=O)CCCCCCCCCCCCCC)COC(=O)CCCCCCCCCCCCCCC. The standard InChI is InChI=1S/C56H96O6/c1-4-7-10-13-16-19-22-25-26-27-28-29-30-32-35-38-41-44-47-50-56(59)62-53(51-60-54(57)48-45-42-39-36-33-24-21-18-15-12-9-6-3)52-61-55(58)49-46-43-40-37-34-31-23-20-17-14-11-8-5-2/h7,10,16,19,25-26,28-29,32,35,41,44,53H,4-6,8-9,11-15,17-18,20-24,27,30-31,33-34,36-40,42-43,45-52H2,1-3H3/b10-7-,19-16-,26-25-,29-28-,35-32-,44-41-/t53-/m0/s1. The minimum Gasteiger partial charge on any atom is -0.462 e. The van der Waals surface area contributed by atoms with Crippen LogP contribution in [0.5, 0.6) is 0 Å². The van der Waals surface area contributed by atoms with Gasteiger partial charge in [0.25, 0.3) is 0 Å². The van der Waals surface area contributed by atoms with E-state index in [-0.39, 0.29) is 37.5 Å². The van der Waals surface area contributed by atoms with Crippen molar-refractivity contribution in [2.45, 2.75) is 252 Å². The molecule has 0 unspecified atom stereocenters. The molecule has 0 spiro atoms. The molecule has 0 aliphatic heterocycles. The van der Waals surface area contributed by atoms with Crippen LogP contribution in [0.15, 0.2) is 72.9 Å². The van der Waals surface area contributed by atoms with Crippen molar-refractivity contribution in [2.24, 2.45) is 0 Å². The smallest absolute Gasteiger partial charge is 0.306 e. The van der Waals surface area contributed by atoms with Crippen LogP contribution >= 0.6 is 0 Å². The van der Waals surface area contributed by atoms with Gasteiger partial charge in [-0.1, -0.05) is 241 Å². The number of carbonyl (C=O) groups is 3. The second kappa shape index (κ2) is 50.5. The highest BCUT2D eigenvalue weighted by Crippen LogP contribution is 2.15. The average molecular weight is 865 g/mol. The lowest BCUT2D eigenvalue weighted by atomic mass is 10.0. The minimum absolute atomic E-state index is 0.102. The second-order valence-corrected chi connectivity index (χ2v) is 17.1. The summed E-state index contributed by atoms with van der Waals surface area (Å²) in [5.41, 5.74) is 0. The van der Waals surface area contributed by atoms with E-state index in [1.165, 1.54) is 122 Å². The Morgan fingerprint density at radius 1 is 0.339 bits per heavy atom. The van der Waals surface area contributed by atoms with Gasteiger partial charge in [0, 0.05) is 19.3 Å². The van der Waals surface area contributed by atoms with E-state index < -0.39 is 6.10 Å². The molecule has 0 aromatic carbocycles. The van der Waals surface area contributed by atoms with Crippen LogP contribution < -0.4 is 0 Å². The van der Waals surface area contributed by atoms with Gasteiger partial charge >= 0.3 is 17.9 Å². The Kier molecular flexibility index (Phi) is 47.9. The lowest BCUT2D eigenvalue weighted by Gasteiger charge is -2.18. The quantitative estimate of drug-likeness (QED) is 0.0262. The Labute approximate surface area is 382 Å². The lowest BCUT2D eigenvalue weighted by molar-refractivity contribution is -0.166. The lowest BCUT2D eigenvalue weighted by Crippen LogP contribution is -2.30. The number of allylic oxidation sites excluding steroid dienone is 12. The predicted octanol–water partition coefficient (Wildman–Crippen LogP) is 17.0. The molecule has 6 nitrogen and oxygen atoms in total. The fourth-order valence-electron chi connectivity index (χ4n) is 7.12. The first-order chi connectivity index (χ1) is 30.5. The number of hydrogen-bond acceptors (Lipinski definition) is 6. The van der Waals surface area contributed by atoms with Gasteiger partial charge in [-0.15, -0.1) is 0 Å². The predicted molar refractivity (Wildman–Crippen MR) is 265 cm³/mol. The summed E-state index contributed by atoms with van der Waals surface area (Å²) in [6, 6.07) is 0. The van der Waals surface area contributed by atoms with Gasteiger partial charge in [-0.2, -0.15) is 0 Å². The van der Waals surface area contributed by atoms with Crippen LogP contribution in [0, 0.1) is 0 Å². The molecule has 0 bridgehead atoms. The molecule has 62 heavy (non-hydrogen) atoms. The molecule has 0 heterocycles. The molecule has 0 fully saturated rings. The normalized spacial score (nSPS) is 12.6. The van der Waals surface area contributed by atoms with E-state index in [1.54, 1.807) is 0 Å². The van der Waals surface area contributed by atoms with Crippen LogP contribution in [0.2, 0.25) is 0 Å². The van der Waals surface area contributed by atoms with E-state index in [1.807, 2.05) is 6.08 Å². The zero-order valence-corrected chi connectivity index (χ0v) is 40.6. The maximum atomic E-state index is 12.8. The van der Waals surface area contributed by atoms with Gasteiger partial charge in [0.2, 0.25) is 0 Å². The maximum absolute atomic E-state index is 12.8. The maximum Gasteiger partial charge on any atom is 0.306 e. The Balaban J connectivity index is 4.49.